The van der Waals surface area contributed by atoms with Gasteiger partial charge in [0.2, 0.25) is 0 Å². The van der Waals surface area contributed by atoms with Gasteiger partial charge in [-0.15, -0.1) is 0 Å². The van der Waals surface area contributed by atoms with Gasteiger partial charge in [0.15, 0.2) is 0 Å². The summed E-state index contributed by atoms with van der Waals surface area (Å²) < 4.78 is 59.6. The Kier molecular flexibility index (Phi) is 6.15. The summed E-state index contributed by atoms with van der Waals surface area (Å²) in [5.41, 5.74) is 6.91. The second-order valence-corrected chi connectivity index (χ2v) is 10.8. The van der Waals surface area contributed by atoms with E-state index in [1.165, 1.54) is 24.3 Å². The zero-order valence-electron chi connectivity index (χ0n) is 23.0. The maximum absolute atomic E-state index is 15.7. The monoisotopic (exact) mass is 562 g/mol. The molecular formula is C36H26F4N2. The van der Waals surface area contributed by atoms with E-state index in [0.717, 1.165) is 45.8 Å². The van der Waals surface area contributed by atoms with Gasteiger partial charge in [-0.05, 0) is 46.5 Å². The highest BCUT2D eigenvalue weighted by atomic mass is 19.1. The Morgan fingerprint density at radius 1 is 0.500 bits per heavy atom. The summed E-state index contributed by atoms with van der Waals surface area (Å²) in [5.74, 6) is -3.20. The molecule has 6 heteroatoms. The van der Waals surface area contributed by atoms with Crippen LogP contribution in [0, 0.1) is 35.1 Å². The number of benzene rings is 4. The molecule has 0 radical (unpaired) electrons. The first-order valence-electron chi connectivity index (χ1n) is 13.9. The average Bonchev–Trinajstić information content (AvgIpc) is 3.51. The summed E-state index contributed by atoms with van der Waals surface area (Å²) >= 11 is 0. The van der Waals surface area contributed by atoms with Crippen molar-refractivity contribution in [3.8, 4) is 0 Å². The summed E-state index contributed by atoms with van der Waals surface area (Å²) in [7, 11) is 0. The Hall–Kier alpha value is -4.84. The van der Waals surface area contributed by atoms with Crippen molar-refractivity contribution in [2.75, 3.05) is 0 Å². The molecule has 42 heavy (non-hydrogen) atoms. The minimum Gasteiger partial charge on any atom is -0.316 e. The van der Waals surface area contributed by atoms with Gasteiger partial charge in [-0.2, -0.15) is 0 Å². The Balaban J connectivity index is 1.56. The zero-order chi connectivity index (χ0) is 29.1. The van der Waals surface area contributed by atoms with Gasteiger partial charge < -0.3 is 9.80 Å². The van der Waals surface area contributed by atoms with E-state index in [4.69, 9.17) is 0 Å². The van der Waals surface area contributed by atoms with Crippen LogP contribution in [-0.2, 0) is 0 Å². The van der Waals surface area contributed by atoms with Crippen molar-refractivity contribution >= 4 is 22.5 Å². The standard InChI is InChI=1S/C36H26F4N2/c1-21-29(23-9-5-3-6-10-23)19-41-33(21)35(27-15-13-25(37)17-31(27)39)42-20-30(24-11-7-4-8-12-24)22(2)34(42)36(41)28-16-14-26(38)18-32(28)40/h3-22H,1-2H3. The van der Waals surface area contributed by atoms with E-state index in [1.807, 2.05) is 96.7 Å². The first kappa shape index (κ1) is 26.1. The van der Waals surface area contributed by atoms with Crippen LogP contribution in [0.5, 0.6) is 0 Å². The molecule has 4 aromatic rings. The van der Waals surface area contributed by atoms with Crippen LogP contribution in [0.15, 0.2) is 121 Å². The smallest absolute Gasteiger partial charge is 0.135 e. The van der Waals surface area contributed by atoms with Crippen LogP contribution in [0.3, 0.4) is 0 Å². The van der Waals surface area contributed by atoms with Crippen molar-refractivity contribution in [2.45, 2.75) is 13.8 Å². The predicted molar refractivity (Wildman–Crippen MR) is 157 cm³/mol. The molecular weight excluding hydrogens is 536 g/mol. The lowest BCUT2D eigenvalue weighted by molar-refractivity contribution is 0.503. The Morgan fingerprint density at radius 2 is 0.881 bits per heavy atom. The summed E-state index contributed by atoms with van der Waals surface area (Å²) in [6.45, 7) is 4.06. The SMILES string of the molecule is CC1C(c2ccccc2)=CN2C(c3ccc(F)cc3F)=C3C(C)C(c4ccccc4)=CN3C(c3ccc(F)cc3F)=C12. The fourth-order valence-electron chi connectivity index (χ4n) is 6.42. The number of allylic oxidation sites excluding steroid dienone is 2. The van der Waals surface area contributed by atoms with Crippen LogP contribution in [-0.4, -0.2) is 9.80 Å². The topological polar surface area (TPSA) is 6.48 Å². The highest BCUT2D eigenvalue weighted by molar-refractivity contribution is 5.92. The normalized spacial score (nSPS) is 19.7. The van der Waals surface area contributed by atoms with Gasteiger partial charge in [-0.25, -0.2) is 17.6 Å². The molecule has 0 amide bonds. The van der Waals surface area contributed by atoms with Crippen molar-refractivity contribution < 1.29 is 17.6 Å². The van der Waals surface area contributed by atoms with Gasteiger partial charge in [0.25, 0.3) is 0 Å². The lowest BCUT2D eigenvalue weighted by atomic mass is 9.88. The first-order valence-corrected chi connectivity index (χ1v) is 13.9. The van der Waals surface area contributed by atoms with Crippen LogP contribution in [0.1, 0.15) is 36.1 Å². The predicted octanol–water partition coefficient (Wildman–Crippen LogP) is 9.28. The summed E-state index contributed by atoms with van der Waals surface area (Å²) in [6.07, 6.45) is 3.93. The van der Waals surface area contributed by atoms with E-state index in [-0.39, 0.29) is 23.0 Å². The molecule has 0 saturated carbocycles. The number of hydrogen-bond donors (Lipinski definition) is 0. The Bertz CT molecular complexity index is 1720. The molecule has 2 atom stereocenters. The number of rotatable bonds is 4. The third kappa shape index (κ3) is 4.01. The number of fused-ring (bicyclic) bond motifs is 2. The van der Waals surface area contributed by atoms with E-state index < -0.39 is 23.3 Å². The van der Waals surface area contributed by atoms with Crippen LogP contribution < -0.4 is 0 Å². The van der Waals surface area contributed by atoms with Gasteiger partial charge in [-0.1, -0.05) is 74.5 Å². The quantitative estimate of drug-likeness (QED) is 0.229. The fourth-order valence-corrected chi connectivity index (χ4v) is 6.42. The molecule has 0 bridgehead atoms. The van der Waals surface area contributed by atoms with Gasteiger partial charge in [0.05, 0.1) is 22.8 Å². The van der Waals surface area contributed by atoms with Crippen molar-refractivity contribution in [1.29, 1.82) is 0 Å². The lowest BCUT2D eigenvalue weighted by Crippen LogP contribution is -2.32. The van der Waals surface area contributed by atoms with Crippen molar-refractivity contribution in [3.05, 3.63) is 166 Å². The minimum atomic E-state index is -0.692. The zero-order valence-corrected chi connectivity index (χ0v) is 23.0. The Labute approximate surface area is 241 Å². The summed E-state index contributed by atoms with van der Waals surface area (Å²) in [4.78, 5) is 3.84. The third-order valence-electron chi connectivity index (χ3n) is 8.36. The molecule has 7 rings (SSSR count). The molecule has 0 aliphatic carbocycles. The summed E-state index contributed by atoms with van der Waals surface area (Å²) in [6, 6.07) is 26.9. The van der Waals surface area contributed by atoms with Crippen molar-refractivity contribution in [3.63, 3.8) is 0 Å². The molecule has 0 N–H and O–H groups in total. The fraction of sp³-hybridized carbons (Fsp3) is 0.111. The Morgan fingerprint density at radius 3 is 1.24 bits per heavy atom. The molecule has 4 aromatic carbocycles. The lowest BCUT2D eigenvalue weighted by Gasteiger charge is -2.40. The van der Waals surface area contributed by atoms with Crippen LogP contribution in [0.25, 0.3) is 22.5 Å². The second-order valence-electron chi connectivity index (χ2n) is 10.8. The van der Waals surface area contributed by atoms with Crippen molar-refractivity contribution in [1.82, 2.24) is 9.80 Å². The molecule has 3 aliphatic heterocycles. The largest absolute Gasteiger partial charge is 0.316 e. The van der Waals surface area contributed by atoms with Gasteiger partial charge in [-0.3, -0.25) is 0 Å². The van der Waals surface area contributed by atoms with Crippen molar-refractivity contribution in [2.24, 2.45) is 11.8 Å². The molecule has 0 fully saturated rings. The molecule has 0 aromatic heterocycles. The van der Waals surface area contributed by atoms with E-state index in [1.54, 1.807) is 0 Å². The second kappa shape index (κ2) is 9.91. The molecule has 2 unspecified atom stereocenters. The highest BCUT2D eigenvalue weighted by Crippen LogP contribution is 2.56. The van der Waals surface area contributed by atoms with E-state index in [0.29, 0.717) is 11.4 Å². The summed E-state index contributed by atoms with van der Waals surface area (Å²) in [5, 5.41) is 0. The maximum atomic E-state index is 15.7. The molecule has 208 valence electrons. The third-order valence-corrected chi connectivity index (χ3v) is 8.36. The van der Waals surface area contributed by atoms with E-state index in [2.05, 4.69) is 0 Å². The van der Waals surface area contributed by atoms with E-state index in [9.17, 15) is 8.78 Å². The first-order chi connectivity index (χ1) is 20.3. The molecule has 2 nitrogen and oxygen atoms in total. The number of hydrogen-bond acceptors (Lipinski definition) is 2. The van der Waals surface area contributed by atoms with Gasteiger partial charge in [0.1, 0.15) is 23.3 Å². The van der Waals surface area contributed by atoms with Crippen LogP contribution >= 0.6 is 0 Å². The maximum Gasteiger partial charge on any atom is 0.135 e. The molecule has 3 heterocycles. The van der Waals surface area contributed by atoms with Gasteiger partial charge in [0, 0.05) is 47.5 Å². The number of halogens is 4. The molecule has 3 aliphatic rings. The van der Waals surface area contributed by atoms with E-state index >= 15 is 8.78 Å². The molecule has 0 spiro atoms. The molecule has 0 saturated heterocycles. The van der Waals surface area contributed by atoms with Crippen LogP contribution in [0.4, 0.5) is 17.6 Å². The van der Waals surface area contributed by atoms with Crippen LogP contribution in [0.2, 0.25) is 0 Å². The average molecular weight is 563 g/mol. The van der Waals surface area contributed by atoms with Gasteiger partial charge >= 0.3 is 0 Å². The minimum absolute atomic E-state index is 0.236. The highest BCUT2D eigenvalue weighted by Gasteiger charge is 2.45. The number of nitrogens with zero attached hydrogens (tertiary/aromatic N) is 2.